The summed E-state index contributed by atoms with van der Waals surface area (Å²) in [4.78, 5) is 2.30. The second-order valence-electron chi connectivity index (χ2n) is 5.05. The molecule has 0 amide bonds. The summed E-state index contributed by atoms with van der Waals surface area (Å²) in [6.45, 7) is 2.53. The van der Waals surface area contributed by atoms with Gasteiger partial charge in [-0.15, -0.1) is 22.0 Å². The predicted molar refractivity (Wildman–Crippen MR) is 78.8 cm³/mol. The van der Waals surface area contributed by atoms with E-state index in [1.54, 1.807) is 11.8 Å². The summed E-state index contributed by atoms with van der Waals surface area (Å²) in [6, 6.07) is 3.98. The average molecular weight is 282 g/mol. The summed E-state index contributed by atoms with van der Waals surface area (Å²) in [5.74, 6) is 0.838. The van der Waals surface area contributed by atoms with Gasteiger partial charge in [0.1, 0.15) is 10.8 Å². The van der Waals surface area contributed by atoms with Gasteiger partial charge in [0.2, 0.25) is 0 Å². The van der Waals surface area contributed by atoms with Crippen LogP contribution in [0.4, 0.5) is 5.82 Å². The van der Waals surface area contributed by atoms with Crippen LogP contribution in [0.2, 0.25) is 0 Å². The number of nitrogens with zero attached hydrogens (tertiary/aromatic N) is 3. The number of ether oxygens (including phenoxy) is 1. The molecule has 0 spiro atoms. The first-order chi connectivity index (χ1) is 9.16. The van der Waals surface area contributed by atoms with E-state index in [0.717, 1.165) is 43.4 Å². The highest BCUT2D eigenvalue weighted by Crippen LogP contribution is 2.26. The molecule has 2 heterocycles. The molecule has 0 bridgehead atoms. The monoisotopic (exact) mass is 282 g/mol. The van der Waals surface area contributed by atoms with Crippen molar-refractivity contribution in [1.82, 2.24) is 15.1 Å². The lowest BCUT2D eigenvalue weighted by Gasteiger charge is -2.42. The summed E-state index contributed by atoms with van der Waals surface area (Å²) >= 11 is 1.60. The van der Waals surface area contributed by atoms with Gasteiger partial charge in [0.05, 0.1) is 0 Å². The minimum absolute atomic E-state index is 0.151. The van der Waals surface area contributed by atoms with Crippen LogP contribution in [0.5, 0.6) is 0 Å². The van der Waals surface area contributed by atoms with Gasteiger partial charge >= 0.3 is 0 Å². The minimum atomic E-state index is 0.151. The molecule has 1 fully saturated rings. The van der Waals surface area contributed by atoms with E-state index in [9.17, 15) is 0 Å². The van der Waals surface area contributed by atoms with Crippen LogP contribution in [0.3, 0.4) is 0 Å². The van der Waals surface area contributed by atoms with Crippen molar-refractivity contribution in [2.45, 2.75) is 23.4 Å². The summed E-state index contributed by atoms with van der Waals surface area (Å²) in [5, 5.41) is 12.7. The number of anilines is 1. The number of aromatic nitrogens is 2. The van der Waals surface area contributed by atoms with Crippen LogP contribution in [0, 0.1) is 0 Å². The van der Waals surface area contributed by atoms with Crippen LogP contribution < -0.4 is 5.32 Å². The lowest BCUT2D eigenvalue weighted by atomic mass is 9.88. The maximum absolute atomic E-state index is 5.47. The molecule has 5 nitrogen and oxygen atoms in total. The molecule has 106 valence electrons. The Morgan fingerprint density at radius 1 is 1.32 bits per heavy atom. The minimum Gasteiger partial charge on any atom is -0.381 e. The van der Waals surface area contributed by atoms with E-state index in [4.69, 9.17) is 4.74 Å². The average Bonchev–Trinajstić information content (AvgIpc) is 2.46. The topological polar surface area (TPSA) is 50.3 Å². The van der Waals surface area contributed by atoms with E-state index < -0.39 is 0 Å². The zero-order chi connectivity index (χ0) is 13.7. The highest BCUT2D eigenvalue weighted by molar-refractivity contribution is 7.98. The number of hydrogen-bond acceptors (Lipinski definition) is 6. The first kappa shape index (κ1) is 14.6. The van der Waals surface area contributed by atoms with E-state index in [-0.39, 0.29) is 5.54 Å². The van der Waals surface area contributed by atoms with Gasteiger partial charge in [-0.25, -0.2) is 0 Å². The second kappa shape index (κ2) is 6.54. The van der Waals surface area contributed by atoms with Gasteiger partial charge in [0, 0.05) is 25.3 Å². The summed E-state index contributed by atoms with van der Waals surface area (Å²) < 4.78 is 5.47. The third-order valence-corrected chi connectivity index (χ3v) is 4.46. The third kappa shape index (κ3) is 3.58. The smallest absolute Gasteiger partial charge is 0.148 e. The third-order valence-electron chi connectivity index (χ3n) is 3.82. The molecule has 0 aromatic carbocycles. The normalized spacial score (nSPS) is 18.5. The first-order valence-electron chi connectivity index (χ1n) is 6.53. The van der Waals surface area contributed by atoms with Crippen molar-refractivity contribution in [2.24, 2.45) is 0 Å². The van der Waals surface area contributed by atoms with Gasteiger partial charge in [-0.3, -0.25) is 0 Å². The Morgan fingerprint density at radius 2 is 2.05 bits per heavy atom. The first-order valence-corrected chi connectivity index (χ1v) is 7.75. The molecule has 0 atom stereocenters. The number of thioether (sulfide) groups is 1. The van der Waals surface area contributed by atoms with E-state index in [1.807, 2.05) is 18.4 Å². The molecular weight excluding hydrogens is 260 g/mol. The van der Waals surface area contributed by atoms with Crippen LogP contribution in [-0.2, 0) is 4.74 Å². The molecule has 1 N–H and O–H groups in total. The van der Waals surface area contributed by atoms with Crippen LogP contribution in [0.15, 0.2) is 17.2 Å². The van der Waals surface area contributed by atoms with Gasteiger partial charge in [-0.05, 0) is 45.3 Å². The molecule has 1 saturated heterocycles. The number of nitrogens with one attached hydrogen (secondary N) is 1. The molecular formula is C13H22N4OS. The van der Waals surface area contributed by atoms with Crippen LogP contribution in [-0.4, -0.2) is 60.7 Å². The molecule has 1 aliphatic rings. The van der Waals surface area contributed by atoms with Crippen molar-refractivity contribution >= 4 is 17.6 Å². The summed E-state index contributed by atoms with van der Waals surface area (Å²) in [7, 11) is 4.27. The Hall–Kier alpha value is -0.850. The van der Waals surface area contributed by atoms with Gasteiger partial charge in [-0.1, -0.05) is 0 Å². The molecule has 1 aromatic heterocycles. The van der Waals surface area contributed by atoms with Crippen LogP contribution >= 0.6 is 11.8 Å². The van der Waals surface area contributed by atoms with Crippen molar-refractivity contribution in [3.63, 3.8) is 0 Å². The quantitative estimate of drug-likeness (QED) is 0.830. The highest BCUT2D eigenvalue weighted by atomic mass is 32.2. The van der Waals surface area contributed by atoms with Crippen molar-refractivity contribution in [3.05, 3.63) is 12.1 Å². The number of rotatable bonds is 5. The lowest BCUT2D eigenvalue weighted by Crippen LogP contribution is -2.53. The Bertz CT molecular complexity index is 390. The molecule has 19 heavy (non-hydrogen) atoms. The Kier molecular flexibility index (Phi) is 5.01. The summed E-state index contributed by atoms with van der Waals surface area (Å²) in [5.41, 5.74) is 0.151. The van der Waals surface area contributed by atoms with Gasteiger partial charge in [-0.2, -0.15) is 0 Å². The maximum atomic E-state index is 5.47. The van der Waals surface area contributed by atoms with Gasteiger partial charge in [0.25, 0.3) is 0 Å². The van der Waals surface area contributed by atoms with Crippen molar-refractivity contribution in [3.8, 4) is 0 Å². The van der Waals surface area contributed by atoms with Crippen molar-refractivity contribution in [2.75, 3.05) is 45.4 Å². The molecule has 1 aromatic rings. The lowest BCUT2D eigenvalue weighted by molar-refractivity contribution is -0.000672. The van der Waals surface area contributed by atoms with Gasteiger partial charge in [0.15, 0.2) is 0 Å². The van der Waals surface area contributed by atoms with Crippen LogP contribution in [0.25, 0.3) is 0 Å². The Balaban J connectivity index is 1.98. The molecule has 1 aliphatic heterocycles. The van der Waals surface area contributed by atoms with Gasteiger partial charge < -0.3 is 15.0 Å². The molecule has 2 rings (SSSR count). The summed E-state index contributed by atoms with van der Waals surface area (Å²) in [6.07, 6.45) is 4.09. The molecule has 0 saturated carbocycles. The fourth-order valence-corrected chi connectivity index (χ4v) is 2.64. The van der Waals surface area contributed by atoms with Crippen LogP contribution in [0.1, 0.15) is 12.8 Å². The highest BCUT2D eigenvalue weighted by Gasteiger charge is 2.34. The van der Waals surface area contributed by atoms with E-state index >= 15 is 0 Å². The van der Waals surface area contributed by atoms with E-state index in [1.165, 1.54) is 0 Å². The fourth-order valence-electron chi connectivity index (χ4n) is 2.31. The Labute approximate surface area is 119 Å². The van der Waals surface area contributed by atoms with E-state index in [0.29, 0.717) is 0 Å². The van der Waals surface area contributed by atoms with Crippen molar-refractivity contribution in [1.29, 1.82) is 0 Å². The molecule has 6 heteroatoms. The number of likely N-dealkylation sites (N-methyl/N-ethyl adjacent to an activating group) is 1. The van der Waals surface area contributed by atoms with E-state index in [2.05, 4.69) is 34.5 Å². The molecule has 0 aliphatic carbocycles. The SMILES string of the molecule is CSc1ccc(NCC2(N(C)C)CCOCC2)nn1. The molecule has 0 radical (unpaired) electrons. The second-order valence-corrected chi connectivity index (χ2v) is 5.87. The predicted octanol–water partition coefficient (Wildman–Crippen LogP) is 1.72. The number of hydrogen-bond donors (Lipinski definition) is 1. The Morgan fingerprint density at radius 3 is 2.58 bits per heavy atom. The fraction of sp³-hybridized carbons (Fsp3) is 0.692. The zero-order valence-electron chi connectivity index (χ0n) is 11.8. The largest absolute Gasteiger partial charge is 0.381 e. The van der Waals surface area contributed by atoms with Crippen molar-refractivity contribution < 1.29 is 4.74 Å². The molecule has 0 unspecified atom stereocenters. The zero-order valence-corrected chi connectivity index (χ0v) is 12.7. The standard InChI is InChI=1S/C13H22N4OS/c1-17(2)13(6-8-18-9-7-13)10-14-11-4-5-12(19-3)16-15-11/h4-5H,6-10H2,1-3H3,(H,14,15). The maximum Gasteiger partial charge on any atom is 0.148 e.